The van der Waals surface area contributed by atoms with E-state index in [1.165, 1.54) is 4.68 Å². The predicted octanol–water partition coefficient (Wildman–Crippen LogP) is 4.58. The van der Waals surface area contributed by atoms with E-state index >= 15 is 0 Å². The lowest BCUT2D eigenvalue weighted by Gasteiger charge is -2.20. The van der Waals surface area contributed by atoms with Crippen molar-refractivity contribution >= 4 is 9.84 Å². The van der Waals surface area contributed by atoms with Crippen LogP contribution in [0.3, 0.4) is 0 Å². The van der Waals surface area contributed by atoms with Gasteiger partial charge in [-0.05, 0) is 61.9 Å². The van der Waals surface area contributed by atoms with E-state index in [9.17, 15) is 13.2 Å². The monoisotopic (exact) mass is 438 g/mol. The Balaban J connectivity index is 2.53. The van der Waals surface area contributed by atoms with Crippen LogP contribution in [0.4, 0.5) is 0 Å². The molecule has 0 saturated carbocycles. The standard InChI is InChI=1S/C25H30N2O3S/c1-7-18-14-17(5)15-19(8-2)22(18)23-24(21(9-3)26-27(6)25(23)28)31(29,30)20-12-10-16(4)11-13-20/h10-15H,7-9H2,1-6H3. The fourth-order valence-electron chi connectivity index (χ4n) is 4.07. The van der Waals surface area contributed by atoms with Crippen LogP contribution in [0.15, 0.2) is 51.0 Å². The summed E-state index contributed by atoms with van der Waals surface area (Å²) in [6.45, 7) is 9.85. The molecule has 0 fully saturated rings. The second kappa shape index (κ2) is 8.79. The summed E-state index contributed by atoms with van der Waals surface area (Å²) in [6, 6.07) is 10.8. The van der Waals surface area contributed by atoms with Crippen LogP contribution in [-0.4, -0.2) is 18.2 Å². The molecule has 31 heavy (non-hydrogen) atoms. The first kappa shape index (κ1) is 22.9. The summed E-state index contributed by atoms with van der Waals surface area (Å²) in [5.41, 5.74) is 5.00. The van der Waals surface area contributed by atoms with Crippen molar-refractivity contribution in [1.29, 1.82) is 0 Å². The maximum atomic E-state index is 13.9. The molecular weight excluding hydrogens is 408 g/mol. The number of benzene rings is 2. The van der Waals surface area contributed by atoms with Crippen molar-refractivity contribution in [3.05, 3.63) is 74.7 Å². The van der Waals surface area contributed by atoms with Gasteiger partial charge in [-0.3, -0.25) is 4.79 Å². The smallest absolute Gasteiger partial charge is 0.267 e. The van der Waals surface area contributed by atoms with Gasteiger partial charge in [-0.2, -0.15) is 5.10 Å². The van der Waals surface area contributed by atoms with Crippen LogP contribution < -0.4 is 5.56 Å². The van der Waals surface area contributed by atoms with Crippen molar-refractivity contribution in [3.63, 3.8) is 0 Å². The first-order valence-electron chi connectivity index (χ1n) is 10.7. The highest BCUT2D eigenvalue weighted by Crippen LogP contribution is 2.36. The molecule has 3 aromatic rings. The lowest BCUT2D eigenvalue weighted by Crippen LogP contribution is -2.27. The van der Waals surface area contributed by atoms with E-state index in [4.69, 9.17) is 0 Å². The Bertz CT molecular complexity index is 1260. The van der Waals surface area contributed by atoms with E-state index in [2.05, 4.69) is 5.10 Å². The molecule has 0 spiro atoms. The number of hydrogen-bond donors (Lipinski definition) is 0. The van der Waals surface area contributed by atoms with Gasteiger partial charge in [0.1, 0.15) is 4.90 Å². The van der Waals surface area contributed by atoms with Crippen LogP contribution in [0.5, 0.6) is 0 Å². The largest absolute Gasteiger partial charge is 0.275 e. The Hall–Kier alpha value is -2.73. The van der Waals surface area contributed by atoms with Gasteiger partial charge in [0.2, 0.25) is 9.84 Å². The van der Waals surface area contributed by atoms with E-state index in [0.29, 0.717) is 25.0 Å². The third-order valence-corrected chi connectivity index (χ3v) is 7.53. The molecule has 1 aromatic heterocycles. The third kappa shape index (κ3) is 4.09. The van der Waals surface area contributed by atoms with Crippen molar-refractivity contribution in [3.8, 4) is 11.1 Å². The molecule has 1 heterocycles. The zero-order valence-corrected chi connectivity index (χ0v) is 19.9. The first-order valence-corrected chi connectivity index (χ1v) is 12.2. The second-order valence-corrected chi connectivity index (χ2v) is 9.80. The molecule has 0 atom stereocenters. The minimum Gasteiger partial charge on any atom is -0.267 e. The number of nitrogens with zero attached hydrogens (tertiary/aromatic N) is 2. The molecular formula is C25H30N2O3S. The summed E-state index contributed by atoms with van der Waals surface area (Å²) in [6.07, 6.45) is 1.79. The Labute approximate surface area is 184 Å². The molecule has 5 nitrogen and oxygen atoms in total. The molecule has 2 aromatic carbocycles. The molecule has 0 bridgehead atoms. The first-order chi connectivity index (χ1) is 14.6. The minimum absolute atomic E-state index is 0.0372. The summed E-state index contributed by atoms with van der Waals surface area (Å²) in [5, 5.41) is 4.34. The summed E-state index contributed by atoms with van der Waals surface area (Å²) in [7, 11) is -2.37. The molecule has 0 aliphatic carbocycles. The fourth-order valence-corrected chi connectivity index (χ4v) is 5.76. The lowest BCUT2D eigenvalue weighted by molar-refractivity contribution is 0.589. The topological polar surface area (TPSA) is 69.0 Å². The summed E-state index contributed by atoms with van der Waals surface area (Å²) >= 11 is 0. The van der Waals surface area contributed by atoms with Crippen LogP contribution in [0.1, 0.15) is 48.7 Å². The van der Waals surface area contributed by atoms with E-state index in [0.717, 1.165) is 27.8 Å². The van der Waals surface area contributed by atoms with Crippen LogP contribution in [-0.2, 0) is 36.1 Å². The zero-order chi connectivity index (χ0) is 22.9. The SMILES string of the molecule is CCc1cc(C)cc(CC)c1-c1c(S(=O)(=O)c2ccc(C)cc2)c(CC)nn(C)c1=O. The molecule has 6 heteroatoms. The van der Waals surface area contributed by atoms with Gasteiger partial charge in [-0.25, -0.2) is 13.1 Å². The molecule has 0 aliphatic heterocycles. The molecule has 0 saturated heterocycles. The predicted molar refractivity (Wildman–Crippen MR) is 124 cm³/mol. The zero-order valence-electron chi connectivity index (χ0n) is 19.1. The van der Waals surface area contributed by atoms with E-state index in [-0.39, 0.29) is 15.4 Å². The van der Waals surface area contributed by atoms with Crippen LogP contribution in [0.2, 0.25) is 0 Å². The molecule has 3 rings (SSSR count). The van der Waals surface area contributed by atoms with Gasteiger partial charge >= 0.3 is 0 Å². The highest BCUT2D eigenvalue weighted by Gasteiger charge is 2.31. The molecule has 0 N–H and O–H groups in total. The number of aryl methyl sites for hydroxylation is 6. The summed E-state index contributed by atoms with van der Waals surface area (Å²) in [5.74, 6) is 0. The highest BCUT2D eigenvalue weighted by atomic mass is 32.2. The van der Waals surface area contributed by atoms with Gasteiger partial charge in [0.15, 0.2) is 0 Å². The maximum absolute atomic E-state index is 13.9. The molecule has 0 radical (unpaired) electrons. The highest BCUT2D eigenvalue weighted by molar-refractivity contribution is 7.91. The van der Waals surface area contributed by atoms with Crippen molar-refractivity contribution in [2.24, 2.45) is 7.05 Å². The second-order valence-electron chi connectivity index (χ2n) is 7.91. The third-order valence-electron chi connectivity index (χ3n) is 5.66. The van der Waals surface area contributed by atoms with E-state index < -0.39 is 15.4 Å². The summed E-state index contributed by atoms with van der Waals surface area (Å²) in [4.78, 5) is 13.7. The van der Waals surface area contributed by atoms with Gasteiger partial charge in [0.25, 0.3) is 5.56 Å². The molecule has 0 unspecified atom stereocenters. The van der Waals surface area contributed by atoms with Gasteiger partial charge in [0, 0.05) is 7.05 Å². The fraction of sp³-hybridized carbons (Fsp3) is 0.360. The van der Waals surface area contributed by atoms with Crippen molar-refractivity contribution in [2.45, 2.75) is 63.7 Å². The Kier molecular flexibility index (Phi) is 6.51. The number of sulfone groups is 1. The quantitative estimate of drug-likeness (QED) is 0.565. The normalized spacial score (nSPS) is 11.7. The van der Waals surface area contributed by atoms with Gasteiger partial charge in [-0.1, -0.05) is 56.2 Å². The van der Waals surface area contributed by atoms with Gasteiger partial charge in [0.05, 0.1) is 16.2 Å². The number of aromatic nitrogens is 2. The number of rotatable bonds is 6. The van der Waals surface area contributed by atoms with E-state index in [1.54, 1.807) is 31.3 Å². The van der Waals surface area contributed by atoms with Crippen LogP contribution in [0.25, 0.3) is 11.1 Å². The lowest BCUT2D eigenvalue weighted by atomic mass is 9.90. The summed E-state index contributed by atoms with van der Waals surface area (Å²) < 4.78 is 29.0. The Morgan fingerprint density at radius 2 is 1.39 bits per heavy atom. The van der Waals surface area contributed by atoms with Crippen molar-refractivity contribution in [2.75, 3.05) is 0 Å². The van der Waals surface area contributed by atoms with Crippen LogP contribution >= 0.6 is 0 Å². The molecule has 164 valence electrons. The Morgan fingerprint density at radius 3 is 1.87 bits per heavy atom. The minimum atomic E-state index is -3.95. The Morgan fingerprint density at radius 1 is 0.839 bits per heavy atom. The van der Waals surface area contributed by atoms with Crippen molar-refractivity contribution in [1.82, 2.24) is 9.78 Å². The van der Waals surface area contributed by atoms with Crippen molar-refractivity contribution < 1.29 is 8.42 Å². The maximum Gasteiger partial charge on any atom is 0.275 e. The van der Waals surface area contributed by atoms with Crippen LogP contribution in [0, 0.1) is 13.8 Å². The molecule has 0 amide bonds. The molecule has 0 aliphatic rings. The average molecular weight is 439 g/mol. The van der Waals surface area contributed by atoms with E-state index in [1.807, 2.05) is 46.8 Å². The van der Waals surface area contributed by atoms with Gasteiger partial charge < -0.3 is 0 Å². The van der Waals surface area contributed by atoms with Gasteiger partial charge in [-0.15, -0.1) is 0 Å². The average Bonchev–Trinajstić information content (AvgIpc) is 2.74. The number of hydrogen-bond acceptors (Lipinski definition) is 4.